The molecule has 0 saturated carbocycles. The van der Waals surface area contributed by atoms with E-state index in [1.54, 1.807) is 6.08 Å². The molecular weight excluding hydrogens is 609 g/mol. The molecule has 0 aliphatic heterocycles. The second kappa shape index (κ2) is 13.4. The third-order valence-corrected chi connectivity index (χ3v) is 9.05. The summed E-state index contributed by atoms with van der Waals surface area (Å²) in [5.41, 5.74) is 12.5. The van der Waals surface area contributed by atoms with E-state index in [4.69, 9.17) is 9.97 Å². The monoisotopic (exact) mass is 642 g/mol. The smallest absolute Gasteiger partial charge is 0.0702 e. The topological polar surface area (TPSA) is 34.0 Å². The van der Waals surface area contributed by atoms with Gasteiger partial charge in [0.05, 0.1) is 22.4 Å². The summed E-state index contributed by atoms with van der Waals surface area (Å²) in [6.45, 7) is 7.91. The standard InChI is InChI=1S/C46H34N4/c1-3-12-37(4-2)49(38-13-6-5-7-14-38)39-25-19-33(20-26-39)43-29-23-35(31-47-43)36-24-30-44(48-32-36)34-21-27-40(28-22-34)50-45-17-10-8-15-41(45)42-16-9-11-18-46(42)50/h3-32H,1-2H2. The first kappa shape index (κ1) is 30.5. The Balaban J connectivity index is 1.00. The molecule has 0 amide bonds. The van der Waals surface area contributed by atoms with Crippen molar-refractivity contribution in [3.8, 4) is 39.3 Å². The van der Waals surface area contributed by atoms with Crippen molar-refractivity contribution in [1.29, 1.82) is 0 Å². The molecule has 5 aromatic carbocycles. The molecule has 50 heavy (non-hydrogen) atoms. The molecule has 3 aromatic heterocycles. The minimum Gasteiger partial charge on any atom is -0.311 e. The third kappa shape index (κ3) is 5.69. The first-order chi connectivity index (χ1) is 24.7. The van der Waals surface area contributed by atoms with E-state index in [-0.39, 0.29) is 0 Å². The fourth-order valence-corrected chi connectivity index (χ4v) is 6.61. The number of anilines is 2. The highest BCUT2D eigenvalue weighted by Crippen LogP contribution is 2.34. The van der Waals surface area contributed by atoms with Gasteiger partial charge in [-0.25, -0.2) is 0 Å². The summed E-state index contributed by atoms with van der Waals surface area (Å²) in [6, 6.07) is 52.8. The van der Waals surface area contributed by atoms with Crippen LogP contribution in [-0.2, 0) is 0 Å². The Hall–Kier alpha value is -6.78. The highest BCUT2D eigenvalue weighted by molar-refractivity contribution is 6.09. The first-order valence-corrected chi connectivity index (χ1v) is 16.6. The average Bonchev–Trinajstić information content (AvgIpc) is 3.53. The number of hydrogen-bond donors (Lipinski definition) is 0. The van der Waals surface area contributed by atoms with Gasteiger partial charge in [0.25, 0.3) is 0 Å². The number of hydrogen-bond acceptors (Lipinski definition) is 3. The van der Waals surface area contributed by atoms with Crippen molar-refractivity contribution in [2.45, 2.75) is 0 Å². The number of rotatable bonds is 9. The van der Waals surface area contributed by atoms with Gasteiger partial charge in [-0.1, -0.05) is 110 Å². The van der Waals surface area contributed by atoms with Gasteiger partial charge in [-0.3, -0.25) is 9.97 Å². The molecule has 0 radical (unpaired) electrons. The lowest BCUT2D eigenvalue weighted by Crippen LogP contribution is -2.14. The first-order valence-electron chi connectivity index (χ1n) is 16.6. The molecule has 0 aliphatic carbocycles. The molecule has 3 heterocycles. The number of allylic oxidation sites excluding steroid dienone is 3. The van der Waals surface area contributed by atoms with Gasteiger partial charge in [-0.15, -0.1) is 0 Å². The largest absolute Gasteiger partial charge is 0.311 e. The molecule has 0 aliphatic rings. The molecule has 0 spiro atoms. The quantitative estimate of drug-likeness (QED) is 0.147. The fourth-order valence-electron chi connectivity index (χ4n) is 6.61. The molecule has 8 rings (SSSR count). The van der Waals surface area contributed by atoms with Crippen LogP contribution < -0.4 is 4.90 Å². The maximum Gasteiger partial charge on any atom is 0.0702 e. The molecule has 0 N–H and O–H groups in total. The van der Waals surface area contributed by atoms with Gasteiger partial charge in [0.1, 0.15) is 0 Å². The number of pyridine rings is 2. The van der Waals surface area contributed by atoms with Crippen LogP contribution in [0.5, 0.6) is 0 Å². The number of nitrogens with zero attached hydrogens (tertiary/aromatic N) is 4. The van der Waals surface area contributed by atoms with E-state index in [1.165, 1.54) is 21.8 Å². The van der Waals surface area contributed by atoms with E-state index < -0.39 is 0 Å². The zero-order chi connectivity index (χ0) is 33.9. The van der Waals surface area contributed by atoms with Crippen LogP contribution in [0, 0.1) is 0 Å². The van der Waals surface area contributed by atoms with Crippen LogP contribution in [0.1, 0.15) is 0 Å². The van der Waals surface area contributed by atoms with Crippen molar-refractivity contribution in [2.24, 2.45) is 0 Å². The van der Waals surface area contributed by atoms with Crippen LogP contribution >= 0.6 is 0 Å². The summed E-state index contributed by atoms with van der Waals surface area (Å²) in [7, 11) is 0. The molecule has 8 aromatic rings. The van der Waals surface area contributed by atoms with E-state index >= 15 is 0 Å². The zero-order valence-electron chi connectivity index (χ0n) is 27.5. The minimum atomic E-state index is 0.907. The normalized spacial score (nSPS) is 11.5. The van der Waals surface area contributed by atoms with Gasteiger partial charge in [-0.2, -0.15) is 0 Å². The number of fused-ring (bicyclic) bond motifs is 3. The van der Waals surface area contributed by atoms with E-state index in [9.17, 15) is 0 Å². The lowest BCUT2D eigenvalue weighted by Gasteiger charge is -2.26. The van der Waals surface area contributed by atoms with Crippen LogP contribution in [0.25, 0.3) is 61.1 Å². The highest BCUT2D eigenvalue weighted by Gasteiger charge is 2.14. The van der Waals surface area contributed by atoms with Crippen LogP contribution in [0.2, 0.25) is 0 Å². The SMILES string of the molecule is C=CC=C(C=C)N(c1ccccc1)c1ccc(-c2ccc(-c3ccc(-c4ccc(-n5c6ccccc6c6ccccc65)cc4)nc3)cn2)cc1. The van der Waals surface area contributed by atoms with Crippen molar-refractivity contribution >= 4 is 33.2 Å². The van der Waals surface area contributed by atoms with Crippen molar-refractivity contribution < 1.29 is 0 Å². The Kier molecular flexibility index (Phi) is 8.17. The van der Waals surface area contributed by atoms with Gasteiger partial charge >= 0.3 is 0 Å². The Morgan fingerprint density at radius 3 is 1.48 bits per heavy atom. The Bertz CT molecular complexity index is 2420. The van der Waals surface area contributed by atoms with E-state index in [0.29, 0.717) is 0 Å². The van der Waals surface area contributed by atoms with Crippen molar-refractivity contribution in [1.82, 2.24) is 14.5 Å². The van der Waals surface area contributed by atoms with Gasteiger partial charge in [0.15, 0.2) is 0 Å². The van der Waals surface area contributed by atoms with Gasteiger partial charge in [0, 0.05) is 68.2 Å². The van der Waals surface area contributed by atoms with Crippen LogP contribution in [0.15, 0.2) is 201 Å². The third-order valence-electron chi connectivity index (χ3n) is 9.05. The van der Waals surface area contributed by atoms with Gasteiger partial charge in [-0.05, 0) is 72.8 Å². The lowest BCUT2D eigenvalue weighted by molar-refractivity contribution is 1.18. The van der Waals surface area contributed by atoms with Crippen molar-refractivity contribution in [2.75, 3.05) is 4.90 Å². The molecule has 0 fully saturated rings. The molecule has 0 atom stereocenters. The van der Waals surface area contributed by atoms with E-state index in [2.05, 4.69) is 156 Å². The predicted octanol–water partition coefficient (Wildman–Crippen LogP) is 12.0. The van der Waals surface area contributed by atoms with E-state index in [0.717, 1.165) is 56.4 Å². The summed E-state index contributed by atoms with van der Waals surface area (Å²) in [4.78, 5) is 11.8. The average molecular weight is 643 g/mol. The molecule has 238 valence electrons. The Morgan fingerprint density at radius 2 is 0.980 bits per heavy atom. The van der Waals surface area contributed by atoms with Crippen LogP contribution in [0.3, 0.4) is 0 Å². The summed E-state index contributed by atoms with van der Waals surface area (Å²) in [5, 5.41) is 2.52. The molecule has 0 unspecified atom stereocenters. The summed E-state index contributed by atoms with van der Waals surface area (Å²) >= 11 is 0. The second-order valence-corrected chi connectivity index (χ2v) is 12.0. The number of aromatic nitrogens is 3. The minimum absolute atomic E-state index is 0.907. The van der Waals surface area contributed by atoms with Gasteiger partial charge < -0.3 is 9.47 Å². The number of para-hydroxylation sites is 3. The van der Waals surface area contributed by atoms with E-state index in [1.807, 2.05) is 42.7 Å². The maximum atomic E-state index is 4.83. The molecule has 0 saturated heterocycles. The van der Waals surface area contributed by atoms with Crippen molar-refractivity contribution in [3.05, 3.63) is 201 Å². The van der Waals surface area contributed by atoms with Crippen LogP contribution in [0.4, 0.5) is 11.4 Å². The maximum absolute atomic E-state index is 4.83. The Morgan fingerprint density at radius 1 is 0.500 bits per heavy atom. The van der Waals surface area contributed by atoms with Crippen LogP contribution in [-0.4, -0.2) is 14.5 Å². The zero-order valence-corrected chi connectivity index (χ0v) is 27.5. The molecule has 4 heteroatoms. The van der Waals surface area contributed by atoms with Gasteiger partial charge in [0.2, 0.25) is 0 Å². The second-order valence-electron chi connectivity index (χ2n) is 12.0. The van der Waals surface area contributed by atoms with Crippen molar-refractivity contribution in [3.63, 3.8) is 0 Å². The highest BCUT2D eigenvalue weighted by atomic mass is 15.1. The summed E-state index contributed by atoms with van der Waals surface area (Å²) in [5.74, 6) is 0. The molecule has 0 bridgehead atoms. The summed E-state index contributed by atoms with van der Waals surface area (Å²) < 4.78 is 2.33. The Labute approximate surface area is 292 Å². The molecular formula is C46H34N4. The lowest BCUT2D eigenvalue weighted by atomic mass is 10.1. The number of benzene rings is 5. The fraction of sp³-hybridized carbons (Fsp3) is 0. The summed E-state index contributed by atoms with van der Waals surface area (Å²) in [6.07, 6.45) is 9.42. The predicted molar refractivity (Wildman–Crippen MR) is 210 cm³/mol. The molecule has 4 nitrogen and oxygen atoms in total.